The number of carbonyl (C=O) groups is 1. The van der Waals surface area contributed by atoms with E-state index in [4.69, 9.17) is 10.8 Å². The van der Waals surface area contributed by atoms with E-state index in [9.17, 15) is 9.18 Å². The molecule has 14 heavy (non-hydrogen) atoms. The van der Waals surface area contributed by atoms with Crippen LogP contribution in [0.4, 0.5) is 4.39 Å². The van der Waals surface area contributed by atoms with Crippen LogP contribution in [0.2, 0.25) is 0 Å². The van der Waals surface area contributed by atoms with Crippen molar-refractivity contribution in [1.29, 1.82) is 0 Å². The molecule has 4 heteroatoms. The molecule has 0 bridgehead atoms. The Kier molecular flexibility index (Phi) is 2.86. The summed E-state index contributed by atoms with van der Waals surface area (Å²) in [6.07, 6.45) is -0.226. The molecule has 0 radical (unpaired) electrons. The Labute approximate surface area is 81.4 Å². The summed E-state index contributed by atoms with van der Waals surface area (Å²) in [4.78, 5) is 10.5. The molecule has 1 aromatic carbocycles. The number of hydrogen-bond donors (Lipinski definition) is 2. The zero-order valence-corrected chi connectivity index (χ0v) is 7.83. The van der Waals surface area contributed by atoms with Crippen molar-refractivity contribution >= 4 is 5.97 Å². The second-order valence-electron chi connectivity index (χ2n) is 3.50. The molecule has 1 atom stereocenters. The fraction of sp³-hybridized carbons (Fsp3) is 0.300. The number of aliphatic carboxylic acids is 1. The average molecular weight is 197 g/mol. The topological polar surface area (TPSA) is 63.3 Å². The zero-order chi connectivity index (χ0) is 10.8. The van der Waals surface area contributed by atoms with Gasteiger partial charge in [0.05, 0.1) is 6.42 Å². The molecule has 76 valence electrons. The number of rotatable bonds is 3. The van der Waals surface area contributed by atoms with Crippen LogP contribution in [0.25, 0.3) is 0 Å². The van der Waals surface area contributed by atoms with Gasteiger partial charge in [0.15, 0.2) is 0 Å². The van der Waals surface area contributed by atoms with Gasteiger partial charge in [0.25, 0.3) is 0 Å². The third-order valence-electron chi connectivity index (χ3n) is 2.00. The lowest BCUT2D eigenvalue weighted by molar-refractivity contribution is -0.138. The van der Waals surface area contributed by atoms with Crippen LogP contribution in [0.1, 0.15) is 18.9 Å². The molecular formula is C10H12FNO2. The smallest absolute Gasteiger partial charge is 0.305 e. The summed E-state index contributed by atoms with van der Waals surface area (Å²) < 4.78 is 12.8. The number of halogens is 1. The van der Waals surface area contributed by atoms with Gasteiger partial charge in [-0.15, -0.1) is 0 Å². The van der Waals surface area contributed by atoms with E-state index < -0.39 is 17.3 Å². The van der Waals surface area contributed by atoms with Gasteiger partial charge in [-0.2, -0.15) is 0 Å². The summed E-state index contributed by atoms with van der Waals surface area (Å²) in [6, 6.07) is 5.67. The van der Waals surface area contributed by atoms with Crippen LogP contribution in [0.5, 0.6) is 0 Å². The molecule has 1 rings (SSSR count). The molecule has 0 saturated heterocycles. The van der Waals surface area contributed by atoms with Crippen LogP contribution >= 0.6 is 0 Å². The maximum absolute atomic E-state index is 12.8. The summed E-state index contributed by atoms with van der Waals surface area (Å²) >= 11 is 0. The lowest BCUT2D eigenvalue weighted by Gasteiger charge is -2.22. The predicted molar refractivity (Wildman–Crippen MR) is 50.2 cm³/mol. The number of carboxylic acids is 1. The summed E-state index contributed by atoms with van der Waals surface area (Å²) in [5, 5.41) is 8.61. The fourth-order valence-electron chi connectivity index (χ4n) is 1.26. The number of carboxylic acid groups (broad SMARTS) is 1. The second-order valence-corrected chi connectivity index (χ2v) is 3.50. The zero-order valence-electron chi connectivity index (χ0n) is 7.83. The highest BCUT2D eigenvalue weighted by Gasteiger charge is 2.24. The van der Waals surface area contributed by atoms with Crippen LogP contribution in [0.3, 0.4) is 0 Å². The SMILES string of the molecule is C[C@@](N)(CC(=O)O)c1cccc(F)c1. The lowest BCUT2D eigenvalue weighted by atomic mass is 9.90. The fourth-order valence-corrected chi connectivity index (χ4v) is 1.26. The van der Waals surface area contributed by atoms with E-state index in [1.807, 2.05) is 0 Å². The van der Waals surface area contributed by atoms with Gasteiger partial charge >= 0.3 is 5.97 Å². The van der Waals surface area contributed by atoms with E-state index in [2.05, 4.69) is 0 Å². The van der Waals surface area contributed by atoms with Crippen molar-refractivity contribution in [3.05, 3.63) is 35.6 Å². The minimum atomic E-state index is -1.03. The highest BCUT2D eigenvalue weighted by Crippen LogP contribution is 2.21. The number of benzene rings is 1. The number of hydrogen-bond acceptors (Lipinski definition) is 2. The molecule has 3 N–H and O–H groups in total. The first-order valence-corrected chi connectivity index (χ1v) is 4.18. The summed E-state index contributed by atoms with van der Waals surface area (Å²) in [7, 11) is 0. The maximum atomic E-state index is 12.8. The third kappa shape index (κ3) is 2.53. The van der Waals surface area contributed by atoms with Gasteiger partial charge in [-0.05, 0) is 24.6 Å². The average Bonchev–Trinajstić information content (AvgIpc) is 2.01. The summed E-state index contributed by atoms with van der Waals surface area (Å²) in [5.74, 6) is -1.41. The first kappa shape index (κ1) is 10.7. The normalized spacial score (nSPS) is 14.8. The van der Waals surface area contributed by atoms with E-state index in [1.165, 1.54) is 18.2 Å². The van der Waals surface area contributed by atoms with Gasteiger partial charge in [0.2, 0.25) is 0 Å². The van der Waals surface area contributed by atoms with Gasteiger partial charge in [-0.1, -0.05) is 12.1 Å². The Morgan fingerprint density at radius 2 is 2.29 bits per heavy atom. The van der Waals surface area contributed by atoms with Crippen LogP contribution in [0.15, 0.2) is 24.3 Å². The third-order valence-corrected chi connectivity index (χ3v) is 2.00. The highest BCUT2D eigenvalue weighted by atomic mass is 19.1. The Hall–Kier alpha value is -1.42. The van der Waals surface area contributed by atoms with Crippen LogP contribution < -0.4 is 5.73 Å². The molecule has 0 aliphatic rings. The second kappa shape index (κ2) is 3.75. The largest absolute Gasteiger partial charge is 0.481 e. The standard InChI is InChI=1S/C10H12FNO2/c1-10(12,6-9(13)14)7-3-2-4-8(11)5-7/h2-5H,6,12H2,1H3,(H,13,14)/t10-/m1/s1. The van der Waals surface area contributed by atoms with Crippen molar-refractivity contribution in [2.24, 2.45) is 5.73 Å². The van der Waals surface area contributed by atoms with Crippen molar-refractivity contribution in [3.8, 4) is 0 Å². The van der Waals surface area contributed by atoms with Gasteiger partial charge in [-0.3, -0.25) is 4.79 Å². The molecule has 1 aromatic rings. The summed E-state index contributed by atoms with van der Waals surface area (Å²) in [6.45, 7) is 1.57. The van der Waals surface area contributed by atoms with Crippen molar-refractivity contribution in [2.45, 2.75) is 18.9 Å². The Morgan fingerprint density at radius 1 is 1.64 bits per heavy atom. The molecule has 0 amide bonds. The van der Waals surface area contributed by atoms with E-state index >= 15 is 0 Å². The number of nitrogens with two attached hydrogens (primary N) is 1. The molecule has 0 heterocycles. The minimum absolute atomic E-state index is 0.226. The monoisotopic (exact) mass is 197 g/mol. The van der Waals surface area contributed by atoms with Gasteiger partial charge in [-0.25, -0.2) is 4.39 Å². The van der Waals surface area contributed by atoms with Crippen molar-refractivity contribution in [2.75, 3.05) is 0 Å². The maximum Gasteiger partial charge on any atom is 0.305 e. The van der Waals surface area contributed by atoms with E-state index in [0.29, 0.717) is 5.56 Å². The lowest BCUT2D eigenvalue weighted by Crippen LogP contribution is -2.35. The van der Waals surface area contributed by atoms with Gasteiger partial charge in [0, 0.05) is 5.54 Å². The van der Waals surface area contributed by atoms with Gasteiger partial charge in [0.1, 0.15) is 5.82 Å². The predicted octanol–water partition coefficient (Wildman–Crippen LogP) is 1.47. The van der Waals surface area contributed by atoms with E-state index in [0.717, 1.165) is 0 Å². The van der Waals surface area contributed by atoms with Crippen molar-refractivity contribution in [1.82, 2.24) is 0 Å². The van der Waals surface area contributed by atoms with Gasteiger partial charge < -0.3 is 10.8 Å². The van der Waals surface area contributed by atoms with E-state index in [1.54, 1.807) is 13.0 Å². The Balaban J connectivity index is 2.97. The van der Waals surface area contributed by atoms with Crippen molar-refractivity contribution in [3.63, 3.8) is 0 Å². The molecule has 0 fully saturated rings. The molecule has 0 aliphatic carbocycles. The first-order valence-electron chi connectivity index (χ1n) is 4.18. The Morgan fingerprint density at radius 3 is 2.79 bits per heavy atom. The molecule has 3 nitrogen and oxygen atoms in total. The summed E-state index contributed by atoms with van der Waals surface area (Å²) in [5.41, 5.74) is 5.21. The van der Waals surface area contributed by atoms with Crippen LogP contribution in [-0.4, -0.2) is 11.1 Å². The molecular weight excluding hydrogens is 185 g/mol. The van der Waals surface area contributed by atoms with Crippen molar-refractivity contribution < 1.29 is 14.3 Å². The van der Waals surface area contributed by atoms with Crippen LogP contribution in [-0.2, 0) is 10.3 Å². The van der Waals surface area contributed by atoms with E-state index in [-0.39, 0.29) is 6.42 Å². The van der Waals surface area contributed by atoms with Crippen LogP contribution in [0, 0.1) is 5.82 Å². The Bertz CT molecular complexity index is 350. The molecule has 0 spiro atoms. The molecule has 0 aromatic heterocycles. The first-order chi connectivity index (χ1) is 6.42. The quantitative estimate of drug-likeness (QED) is 0.771. The molecule has 0 saturated carbocycles. The molecule has 0 unspecified atom stereocenters. The molecule has 0 aliphatic heterocycles. The highest BCUT2D eigenvalue weighted by molar-refractivity contribution is 5.68. The minimum Gasteiger partial charge on any atom is -0.481 e.